The topological polar surface area (TPSA) is 93.3 Å². The van der Waals surface area contributed by atoms with Gasteiger partial charge in [0.05, 0.1) is 0 Å². The Bertz CT molecular complexity index is 349. The molecule has 5 heteroatoms. The number of nitrogens with zero attached hydrogens (tertiary/aromatic N) is 1. The van der Waals surface area contributed by atoms with E-state index >= 15 is 0 Å². The first kappa shape index (κ1) is 9.18. The summed E-state index contributed by atoms with van der Waals surface area (Å²) in [5, 5.41) is 8.32. The molecule has 0 saturated carbocycles. The summed E-state index contributed by atoms with van der Waals surface area (Å²) in [6.45, 7) is 0. The highest BCUT2D eigenvalue weighted by molar-refractivity contribution is 6.33. The number of carboxylic acids is 1. The Labute approximate surface area is 74.2 Å². The summed E-state index contributed by atoms with van der Waals surface area (Å²) >= 11 is 0. The number of carbonyl (C=O) groups is 2. The number of nitrogens with two attached hydrogens (primary N) is 1. The third-order valence-electron chi connectivity index (χ3n) is 1.53. The summed E-state index contributed by atoms with van der Waals surface area (Å²) in [7, 11) is 0. The van der Waals surface area contributed by atoms with Crippen LogP contribution in [0.2, 0.25) is 0 Å². The van der Waals surface area contributed by atoms with Crippen LogP contribution in [0.1, 0.15) is 5.56 Å². The molecule has 1 heterocycles. The Kier molecular flexibility index (Phi) is 2.59. The second-order valence-corrected chi connectivity index (χ2v) is 2.48. The van der Waals surface area contributed by atoms with Crippen molar-refractivity contribution in [3.8, 4) is 0 Å². The van der Waals surface area contributed by atoms with Crippen LogP contribution in [0.3, 0.4) is 0 Å². The number of pyridine rings is 1. The number of hydrogen-bond acceptors (Lipinski definition) is 4. The van der Waals surface area contributed by atoms with Crippen molar-refractivity contribution in [3.63, 3.8) is 0 Å². The molecule has 0 aliphatic heterocycles. The Balaban J connectivity index is 2.81. The summed E-state index contributed by atoms with van der Waals surface area (Å²) in [6, 6.07) is 1.52. The fraction of sp³-hybridized carbons (Fsp3) is 0.125. The minimum Gasteiger partial charge on any atom is -0.475 e. The highest BCUT2D eigenvalue weighted by Crippen LogP contribution is 2.09. The van der Waals surface area contributed by atoms with Crippen molar-refractivity contribution in [1.82, 2.24) is 4.98 Å². The lowest BCUT2D eigenvalue weighted by atomic mass is 10.1. The molecule has 1 rings (SSSR count). The fourth-order valence-corrected chi connectivity index (χ4v) is 0.834. The predicted octanol–water partition coefficient (Wildman–Crippen LogP) is -0.140. The van der Waals surface area contributed by atoms with Crippen LogP contribution < -0.4 is 5.73 Å². The number of aliphatic carboxylic acids is 1. The van der Waals surface area contributed by atoms with Gasteiger partial charge >= 0.3 is 5.97 Å². The minimum absolute atomic E-state index is 0.213. The van der Waals surface area contributed by atoms with Gasteiger partial charge in [-0.15, -0.1) is 0 Å². The summed E-state index contributed by atoms with van der Waals surface area (Å²) < 4.78 is 0. The van der Waals surface area contributed by atoms with E-state index in [2.05, 4.69) is 4.98 Å². The Hall–Kier alpha value is -1.91. The van der Waals surface area contributed by atoms with Gasteiger partial charge in [-0.3, -0.25) is 9.78 Å². The van der Waals surface area contributed by atoms with E-state index in [-0.39, 0.29) is 6.42 Å². The molecule has 0 fully saturated rings. The van der Waals surface area contributed by atoms with Crippen LogP contribution in [0.15, 0.2) is 18.5 Å². The number of carboxylic acid groups (broad SMARTS) is 1. The van der Waals surface area contributed by atoms with Gasteiger partial charge in [0.2, 0.25) is 5.78 Å². The number of rotatable bonds is 3. The number of hydrogen-bond donors (Lipinski definition) is 2. The lowest BCUT2D eigenvalue weighted by molar-refractivity contribution is -0.148. The first-order chi connectivity index (χ1) is 6.11. The lowest BCUT2D eigenvalue weighted by Gasteiger charge is -2.00. The molecule has 0 amide bonds. The van der Waals surface area contributed by atoms with Crippen LogP contribution in [-0.2, 0) is 16.0 Å². The normalized spacial score (nSPS) is 9.54. The van der Waals surface area contributed by atoms with Gasteiger partial charge in [-0.05, 0) is 6.07 Å². The fourth-order valence-electron chi connectivity index (χ4n) is 0.834. The molecule has 3 N–H and O–H groups in total. The molecule has 0 atom stereocenters. The standard InChI is InChI=1S/C8H8N2O3/c9-6-1-2-10-4-5(6)3-7(11)8(12)13/h1-2,4H,3H2,(H2,9,10)(H,12,13). The second kappa shape index (κ2) is 3.66. The van der Waals surface area contributed by atoms with Crippen LogP contribution in [0.5, 0.6) is 0 Å². The molecule has 1 aromatic heterocycles. The molecule has 0 unspecified atom stereocenters. The SMILES string of the molecule is Nc1ccncc1CC(=O)C(=O)O. The van der Waals surface area contributed by atoms with Gasteiger partial charge in [0.1, 0.15) is 0 Å². The molecule has 1 aromatic rings. The third kappa shape index (κ3) is 2.26. The smallest absolute Gasteiger partial charge is 0.372 e. The zero-order chi connectivity index (χ0) is 9.84. The van der Waals surface area contributed by atoms with Crippen molar-refractivity contribution in [1.29, 1.82) is 0 Å². The maximum Gasteiger partial charge on any atom is 0.372 e. The van der Waals surface area contributed by atoms with Crippen molar-refractivity contribution in [2.45, 2.75) is 6.42 Å². The van der Waals surface area contributed by atoms with Crippen molar-refractivity contribution < 1.29 is 14.7 Å². The molecule has 0 saturated heterocycles. The van der Waals surface area contributed by atoms with E-state index < -0.39 is 11.8 Å². The Morgan fingerprint density at radius 3 is 2.77 bits per heavy atom. The average Bonchev–Trinajstić information content (AvgIpc) is 2.08. The van der Waals surface area contributed by atoms with Crippen molar-refractivity contribution >= 4 is 17.4 Å². The zero-order valence-corrected chi connectivity index (χ0v) is 6.73. The van der Waals surface area contributed by atoms with Gasteiger partial charge in [-0.1, -0.05) is 0 Å². The van der Waals surface area contributed by atoms with E-state index in [4.69, 9.17) is 10.8 Å². The average molecular weight is 180 g/mol. The highest BCUT2D eigenvalue weighted by Gasteiger charge is 2.13. The van der Waals surface area contributed by atoms with Gasteiger partial charge in [-0.25, -0.2) is 4.79 Å². The molecule has 0 aliphatic rings. The van der Waals surface area contributed by atoms with Crippen LogP contribution in [0.25, 0.3) is 0 Å². The summed E-state index contributed by atoms with van der Waals surface area (Å²) in [5.74, 6) is -2.34. The minimum atomic E-state index is -1.46. The Morgan fingerprint density at radius 1 is 1.54 bits per heavy atom. The van der Waals surface area contributed by atoms with Gasteiger partial charge in [0.15, 0.2) is 0 Å². The van der Waals surface area contributed by atoms with E-state index in [1.54, 1.807) is 0 Å². The van der Waals surface area contributed by atoms with Crippen molar-refractivity contribution in [3.05, 3.63) is 24.0 Å². The number of anilines is 1. The molecular formula is C8H8N2O3. The molecular weight excluding hydrogens is 172 g/mol. The molecule has 0 bridgehead atoms. The molecule has 0 radical (unpaired) electrons. The van der Waals surface area contributed by atoms with E-state index in [0.29, 0.717) is 11.3 Å². The van der Waals surface area contributed by atoms with E-state index in [1.165, 1.54) is 18.5 Å². The number of nitrogen functional groups attached to an aromatic ring is 1. The molecule has 0 spiro atoms. The number of ketones is 1. The van der Waals surface area contributed by atoms with Crippen LogP contribution in [0.4, 0.5) is 5.69 Å². The largest absolute Gasteiger partial charge is 0.475 e. The molecule has 13 heavy (non-hydrogen) atoms. The first-order valence-electron chi connectivity index (χ1n) is 3.55. The van der Waals surface area contributed by atoms with Crippen molar-refractivity contribution in [2.24, 2.45) is 0 Å². The van der Waals surface area contributed by atoms with Gasteiger partial charge < -0.3 is 10.8 Å². The summed E-state index contributed by atoms with van der Waals surface area (Å²) in [4.78, 5) is 24.7. The molecule has 0 aliphatic carbocycles. The zero-order valence-electron chi connectivity index (χ0n) is 6.73. The lowest BCUT2D eigenvalue weighted by Crippen LogP contribution is -2.16. The maximum atomic E-state index is 10.8. The van der Waals surface area contributed by atoms with Gasteiger partial charge in [0, 0.05) is 30.1 Å². The van der Waals surface area contributed by atoms with Crippen LogP contribution in [-0.4, -0.2) is 21.8 Å². The predicted molar refractivity (Wildman–Crippen MR) is 45.0 cm³/mol. The Morgan fingerprint density at radius 2 is 2.23 bits per heavy atom. The second-order valence-electron chi connectivity index (χ2n) is 2.48. The van der Waals surface area contributed by atoms with E-state index in [1.807, 2.05) is 0 Å². The molecule has 5 nitrogen and oxygen atoms in total. The maximum absolute atomic E-state index is 10.8. The first-order valence-corrected chi connectivity index (χ1v) is 3.55. The number of aromatic nitrogens is 1. The molecule has 0 aromatic carbocycles. The number of carbonyl (C=O) groups excluding carboxylic acids is 1. The highest BCUT2D eigenvalue weighted by atomic mass is 16.4. The quantitative estimate of drug-likeness (QED) is 0.631. The summed E-state index contributed by atoms with van der Waals surface area (Å²) in [6.07, 6.45) is 2.65. The van der Waals surface area contributed by atoms with E-state index in [9.17, 15) is 9.59 Å². The monoisotopic (exact) mass is 180 g/mol. The van der Waals surface area contributed by atoms with Crippen molar-refractivity contribution in [2.75, 3.05) is 5.73 Å². The van der Waals surface area contributed by atoms with Gasteiger partial charge in [0.25, 0.3) is 0 Å². The van der Waals surface area contributed by atoms with E-state index in [0.717, 1.165) is 0 Å². The van der Waals surface area contributed by atoms with Crippen LogP contribution in [0, 0.1) is 0 Å². The number of Topliss-reactive ketones (excluding diaryl/α,β-unsaturated/α-hetero) is 1. The molecule has 68 valence electrons. The summed E-state index contributed by atoms with van der Waals surface area (Å²) in [5.41, 5.74) is 6.30. The van der Waals surface area contributed by atoms with Crippen LogP contribution >= 0.6 is 0 Å². The van der Waals surface area contributed by atoms with Gasteiger partial charge in [-0.2, -0.15) is 0 Å². The third-order valence-corrected chi connectivity index (χ3v) is 1.53.